The van der Waals surface area contributed by atoms with Crippen molar-refractivity contribution in [2.24, 2.45) is 0 Å². The summed E-state index contributed by atoms with van der Waals surface area (Å²) < 4.78 is 15.3. The van der Waals surface area contributed by atoms with Crippen molar-refractivity contribution in [2.75, 3.05) is 5.32 Å². The highest BCUT2D eigenvalue weighted by Crippen LogP contribution is 2.16. The number of hydrogen-bond donors (Lipinski definition) is 1. The topological polar surface area (TPSA) is 46.9 Å². The van der Waals surface area contributed by atoms with E-state index < -0.39 is 11.7 Å². The first-order valence-corrected chi connectivity index (χ1v) is 6.28. The largest absolute Gasteiger partial charge is 0.307 e. The highest BCUT2D eigenvalue weighted by Gasteiger charge is 2.13. The molecule has 0 unspecified atom stereocenters. The third kappa shape index (κ3) is 3.12. The van der Waals surface area contributed by atoms with Crippen molar-refractivity contribution in [3.05, 3.63) is 46.9 Å². The SMILES string of the molecule is CCCn1nccc1NC(=O)c1ccc(Cl)cc1F. The second-order valence-electron chi connectivity index (χ2n) is 4.02. The summed E-state index contributed by atoms with van der Waals surface area (Å²) in [5.74, 6) is -0.625. The molecule has 1 aromatic carbocycles. The molecular formula is C13H13ClFN3O. The van der Waals surface area contributed by atoms with E-state index in [0.29, 0.717) is 12.4 Å². The van der Waals surface area contributed by atoms with E-state index in [1.807, 2.05) is 6.92 Å². The zero-order valence-corrected chi connectivity index (χ0v) is 11.1. The normalized spacial score (nSPS) is 10.5. The van der Waals surface area contributed by atoms with E-state index in [-0.39, 0.29) is 10.6 Å². The molecule has 2 rings (SSSR count). The number of benzene rings is 1. The fourth-order valence-electron chi connectivity index (χ4n) is 1.69. The quantitative estimate of drug-likeness (QED) is 0.934. The monoisotopic (exact) mass is 281 g/mol. The van der Waals surface area contributed by atoms with Gasteiger partial charge in [0.1, 0.15) is 11.6 Å². The van der Waals surface area contributed by atoms with Crippen LogP contribution in [-0.4, -0.2) is 15.7 Å². The van der Waals surface area contributed by atoms with Crippen LogP contribution in [0.25, 0.3) is 0 Å². The molecule has 1 amide bonds. The molecule has 0 aliphatic rings. The number of carbonyl (C=O) groups is 1. The van der Waals surface area contributed by atoms with Crippen LogP contribution in [0.5, 0.6) is 0 Å². The highest BCUT2D eigenvalue weighted by molar-refractivity contribution is 6.30. The van der Waals surface area contributed by atoms with E-state index in [0.717, 1.165) is 12.5 Å². The Bertz CT molecular complexity index is 597. The van der Waals surface area contributed by atoms with Gasteiger partial charge >= 0.3 is 0 Å². The lowest BCUT2D eigenvalue weighted by molar-refractivity contribution is 0.102. The maximum Gasteiger partial charge on any atom is 0.259 e. The molecule has 0 saturated carbocycles. The summed E-state index contributed by atoms with van der Waals surface area (Å²) >= 11 is 5.65. The molecule has 0 bridgehead atoms. The van der Waals surface area contributed by atoms with E-state index in [1.54, 1.807) is 16.9 Å². The van der Waals surface area contributed by atoms with Crippen molar-refractivity contribution >= 4 is 23.3 Å². The summed E-state index contributed by atoms with van der Waals surface area (Å²) in [5.41, 5.74) is -0.0475. The van der Waals surface area contributed by atoms with Gasteiger partial charge in [0.05, 0.1) is 11.8 Å². The second kappa shape index (κ2) is 5.84. The summed E-state index contributed by atoms with van der Waals surface area (Å²) in [4.78, 5) is 12.0. The van der Waals surface area contributed by atoms with Crippen LogP contribution in [0.3, 0.4) is 0 Å². The number of nitrogens with one attached hydrogen (secondary N) is 1. The lowest BCUT2D eigenvalue weighted by Crippen LogP contribution is -2.17. The van der Waals surface area contributed by atoms with Crippen LogP contribution >= 0.6 is 11.6 Å². The van der Waals surface area contributed by atoms with Crippen molar-refractivity contribution in [1.29, 1.82) is 0 Å². The number of amides is 1. The summed E-state index contributed by atoms with van der Waals surface area (Å²) in [6.07, 6.45) is 2.48. The highest BCUT2D eigenvalue weighted by atomic mass is 35.5. The molecule has 0 aliphatic carbocycles. The van der Waals surface area contributed by atoms with Crippen LogP contribution in [0.2, 0.25) is 5.02 Å². The van der Waals surface area contributed by atoms with Crippen molar-refractivity contribution in [3.8, 4) is 0 Å². The molecule has 100 valence electrons. The minimum atomic E-state index is -0.647. The van der Waals surface area contributed by atoms with Gasteiger partial charge in [-0.15, -0.1) is 0 Å². The van der Waals surface area contributed by atoms with Gasteiger partial charge in [-0.25, -0.2) is 9.07 Å². The van der Waals surface area contributed by atoms with E-state index in [9.17, 15) is 9.18 Å². The van der Waals surface area contributed by atoms with Crippen LogP contribution in [-0.2, 0) is 6.54 Å². The first-order valence-electron chi connectivity index (χ1n) is 5.90. The number of aromatic nitrogens is 2. The van der Waals surface area contributed by atoms with Crippen LogP contribution in [0.15, 0.2) is 30.5 Å². The first kappa shape index (κ1) is 13.5. The Morgan fingerprint density at radius 3 is 2.95 bits per heavy atom. The van der Waals surface area contributed by atoms with Crippen LogP contribution in [0.4, 0.5) is 10.2 Å². The zero-order chi connectivity index (χ0) is 13.8. The maximum absolute atomic E-state index is 13.6. The summed E-state index contributed by atoms with van der Waals surface area (Å²) in [7, 11) is 0. The lowest BCUT2D eigenvalue weighted by Gasteiger charge is -2.08. The van der Waals surface area contributed by atoms with E-state index in [1.165, 1.54) is 12.1 Å². The maximum atomic E-state index is 13.6. The first-order chi connectivity index (χ1) is 9.11. The number of nitrogens with zero attached hydrogens (tertiary/aromatic N) is 2. The average molecular weight is 282 g/mol. The molecule has 0 spiro atoms. The predicted molar refractivity (Wildman–Crippen MR) is 71.9 cm³/mol. The standard InChI is InChI=1S/C13H13ClFN3O/c1-2-7-18-12(5-6-16-18)17-13(19)10-4-3-9(14)8-11(10)15/h3-6,8H,2,7H2,1H3,(H,17,19). The molecule has 4 nitrogen and oxygen atoms in total. The van der Waals surface area contributed by atoms with Crippen molar-refractivity contribution in [1.82, 2.24) is 9.78 Å². The molecule has 0 saturated heterocycles. The summed E-state index contributed by atoms with van der Waals surface area (Å²) in [5, 5.41) is 6.96. The molecule has 19 heavy (non-hydrogen) atoms. The third-order valence-corrected chi connectivity index (χ3v) is 2.80. The Balaban J connectivity index is 2.18. The molecule has 1 heterocycles. The minimum absolute atomic E-state index is 0.0475. The third-order valence-electron chi connectivity index (χ3n) is 2.57. The number of halogens is 2. The Hall–Kier alpha value is -1.88. The van der Waals surface area contributed by atoms with E-state index in [4.69, 9.17) is 11.6 Å². The van der Waals surface area contributed by atoms with E-state index >= 15 is 0 Å². The Morgan fingerprint density at radius 2 is 2.26 bits per heavy atom. The fraction of sp³-hybridized carbons (Fsp3) is 0.231. The second-order valence-corrected chi connectivity index (χ2v) is 4.45. The zero-order valence-electron chi connectivity index (χ0n) is 10.4. The van der Waals surface area contributed by atoms with Gasteiger partial charge in [0.15, 0.2) is 0 Å². The van der Waals surface area contributed by atoms with Gasteiger partial charge < -0.3 is 5.32 Å². The number of rotatable bonds is 4. The van der Waals surface area contributed by atoms with Gasteiger partial charge in [-0.2, -0.15) is 5.10 Å². The van der Waals surface area contributed by atoms with Gasteiger partial charge in [-0.05, 0) is 24.6 Å². The van der Waals surface area contributed by atoms with Crippen molar-refractivity contribution in [3.63, 3.8) is 0 Å². The van der Waals surface area contributed by atoms with Gasteiger partial charge in [0, 0.05) is 17.6 Å². The summed E-state index contributed by atoms with van der Waals surface area (Å²) in [6.45, 7) is 2.69. The average Bonchev–Trinajstić information content (AvgIpc) is 2.77. The number of anilines is 1. The molecule has 6 heteroatoms. The predicted octanol–water partition coefficient (Wildman–Crippen LogP) is 3.34. The van der Waals surface area contributed by atoms with E-state index in [2.05, 4.69) is 10.4 Å². The van der Waals surface area contributed by atoms with Crippen molar-refractivity contribution in [2.45, 2.75) is 19.9 Å². The Kier molecular flexibility index (Phi) is 4.16. The molecule has 0 fully saturated rings. The van der Waals surface area contributed by atoms with Gasteiger partial charge in [-0.3, -0.25) is 4.79 Å². The fourth-order valence-corrected chi connectivity index (χ4v) is 1.84. The lowest BCUT2D eigenvalue weighted by atomic mass is 10.2. The molecule has 2 aromatic rings. The number of aryl methyl sites for hydroxylation is 1. The van der Waals surface area contributed by atoms with Gasteiger partial charge in [-0.1, -0.05) is 18.5 Å². The molecule has 0 atom stereocenters. The smallest absolute Gasteiger partial charge is 0.259 e. The van der Waals surface area contributed by atoms with Gasteiger partial charge in [0.2, 0.25) is 0 Å². The van der Waals surface area contributed by atoms with Crippen LogP contribution in [0, 0.1) is 5.82 Å². The Labute approximate surface area is 115 Å². The van der Waals surface area contributed by atoms with Gasteiger partial charge in [0.25, 0.3) is 5.91 Å². The number of hydrogen-bond acceptors (Lipinski definition) is 2. The van der Waals surface area contributed by atoms with Crippen molar-refractivity contribution < 1.29 is 9.18 Å². The van der Waals surface area contributed by atoms with Crippen LogP contribution < -0.4 is 5.32 Å². The molecular weight excluding hydrogens is 269 g/mol. The molecule has 0 radical (unpaired) electrons. The number of carbonyl (C=O) groups excluding carboxylic acids is 1. The molecule has 1 N–H and O–H groups in total. The molecule has 1 aromatic heterocycles. The summed E-state index contributed by atoms with van der Waals surface area (Å²) in [6, 6.07) is 5.61. The molecule has 0 aliphatic heterocycles. The Morgan fingerprint density at radius 1 is 1.47 bits per heavy atom. The minimum Gasteiger partial charge on any atom is -0.307 e. The van der Waals surface area contributed by atoms with Crippen LogP contribution in [0.1, 0.15) is 23.7 Å².